The molecule has 0 aliphatic carbocycles. The van der Waals surface area contributed by atoms with Gasteiger partial charge in [-0.15, -0.1) is 11.3 Å². The van der Waals surface area contributed by atoms with E-state index in [0.717, 1.165) is 6.42 Å². The van der Waals surface area contributed by atoms with E-state index in [2.05, 4.69) is 15.3 Å². The van der Waals surface area contributed by atoms with Gasteiger partial charge >= 0.3 is 6.18 Å². The molecular weight excluding hydrogens is 405 g/mol. The summed E-state index contributed by atoms with van der Waals surface area (Å²) in [4.78, 5) is 10.6. The fourth-order valence-electron chi connectivity index (χ4n) is 4.17. The van der Waals surface area contributed by atoms with Gasteiger partial charge in [0.25, 0.3) is 6.01 Å². The molecule has 3 fully saturated rings. The Morgan fingerprint density at radius 3 is 2.72 bits per heavy atom. The molecule has 3 aromatic rings. The molecule has 3 aliphatic rings. The number of piperazine rings is 1. The number of halogens is 3. The van der Waals surface area contributed by atoms with Gasteiger partial charge in [-0.05, 0) is 24.5 Å². The topological polar surface area (TPSA) is 63.4 Å². The van der Waals surface area contributed by atoms with Crippen molar-refractivity contribution < 1.29 is 22.3 Å². The molecule has 5 heterocycles. The summed E-state index contributed by atoms with van der Waals surface area (Å²) in [6.45, 7) is 1.53. The summed E-state index contributed by atoms with van der Waals surface area (Å²) in [5.74, 6) is 0. The van der Waals surface area contributed by atoms with Crippen LogP contribution in [-0.4, -0.2) is 48.9 Å². The zero-order valence-electron chi connectivity index (χ0n) is 15.6. The number of ether oxygens (including phenoxy) is 1. The second-order valence-corrected chi connectivity index (χ2v) is 8.31. The molecule has 154 valence electrons. The van der Waals surface area contributed by atoms with Crippen LogP contribution in [0, 0.1) is 0 Å². The minimum atomic E-state index is -4.55. The Hall–Kier alpha value is -2.17. The lowest BCUT2D eigenvalue weighted by atomic mass is 9.92. The fraction of sp³-hybridized carbons (Fsp3) is 0.474. The third kappa shape index (κ3) is 3.28. The monoisotopic (exact) mass is 424 g/mol. The number of hydrogen-bond acceptors (Lipinski definition) is 7. The number of rotatable bonds is 5. The average molecular weight is 424 g/mol. The highest BCUT2D eigenvalue weighted by Gasteiger charge is 2.41. The van der Waals surface area contributed by atoms with E-state index < -0.39 is 11.7 Å². The van der Waals surface area contributed by atoms with E-state index >= 15 is 0 Å². The Bertz CT molecular complexity index is 1020. The maximum atomic E-state index is 14.0. The van der Waals surface area contributed by atoms with Gasteiger partial charge in [-0.2, -0.15) is 18.2 Å². The Morgan fingerprint density at radius 1 is 1.34 bits per heavy atom. The number of nitrogens with one attached hydrogen (secondary N) is 1. The number of oxazole rings is 1. The van der Waals surface area contributed by atoms with Crippen LogP contribution in [0.25, 0.3) is 21.7 Å². The third-order valence-electron chi connectivity index (χ3n) is 5.45. The number of piperidine rings is 1. The van der Waals surface area contributed by atoms with Crippen LogP contribution in [0.3, 0.4) is 0 Å². The second-order valence-electron chi connectivity index (χ2n) is 7.41. The standard InChI is InChI=1S/C19H19F3N4O2S/c1-27-4-2-10-6-13(17-23-3-5-29-17)16-15(14(10)19(20,21)22)25-18(28-16)26-8-11-7-12(9-26)24-11/h3,5-6,11-12,24H,2,4,7-9H2,1H3. The molecule has 2 atom stereocenters. The molecule has 3 aliphatic heterocycles. The Morgan fingerprint density at radius 2 is 2.10 bits per heavy atom. The Labute approximate surface area is 168 Å². The molecule has 1 N–H and O–H groups in total. The van der Waals surface area contributed by atoms with Crippen LogP contribution in [-0.2, 0) is 17.3 Å². The summed E-state index contributed by atoms with van der Waals surface area (Å²) in [6.07, 6.45) is -1.72. The molecule has 2 aromatic heterocycles. The number of thiazole rings is 1. The van der Waals surface area contributed by atoms with Crippen LogP contribution in [0.5, 0.6) is 0 Å². The van der Waals surface area contributed by atoms with Gasteiger partial charge in [0.1, 0.15) is 10.5 Å². The highest BCUT2D eigenvalue weighted by molar-refractivity contribution is 7.13. The highest BCUT2D eigenvalue weighted by Crippen LogP contribution is 2.43. The SMILES string of the molecule is COCCc1cc(-c2nccs2)c2oc(N3CC4CC(C3)N4)nc2c1C(F)(F)F. The molecule has 0 saturated carbocycles. The molecule has 1 aromatic carbocycles. The molecule has 2 unspecified atom stereocenters. The van der Waals surface area contributed by atoms with E-state index in [1.54, 1.807) is 11.6 Å². The molecule has 6 rings (SSSR count). The number of hydrogen-bond donors (Lipinski definition) is 1. The van der Waals surface area contributed by atoms with Crippen molar-refractivity contribution in [2.75, 3.05) is 31.7 Å². The van der Waals surface area contributed by atoms with Crippen LogP contribution in [0.15, 0.2) is 22.1 Å². The van der Waals surface area contributed by atoms with Gasteiger partial charge in [-0.1, -0.05) is 0 Å². The number of benzene rings is 1. The van der Waals surface area contributed by atoms with Gasteiger partial charge < -0.3 is 19.4 Å². The van der Waals surface area contributed by atoms with Crippen molar-refractivity contribution in [2.24, 2.45) is 0 Å². The van der Waals surface area contributed by atoms with Crippen molar-refractivity contribution in [3.05, 3.63) is 28.8 Å². The van der Waals surface area contributed by atoms with Crippen molar-refractivity contribution in [1.29, 1.82) is 0 Å². The fourth-order valence-corrected chi connectivity index (χ4v) is 4.82. The number of methoxy groups -OCH3 is 1. The molecule has 2 bridgehead atoms. The van der Waals surface area contributed by atoms with Crippen LogP contribution in [0.1, 0.15) is 17.5 Å². The van der Waals surface area contributed by atoms with Crippen molar-refractivity contribution in [2.45, 2.75) is 31.1 Å². The summed E-state index contributed by atoms with van der Waals surface area (Å²) in [6, 6.07) is 2.43. The molecule has 0 spiro atoms. The number of alkyl halides is 3. The van der Waals surface area contributed by atoms with Gasteiger partial charge in [0.15, 0.2) is 5.58 Å². The van der Waals surface area contributed by atoms with Crippen LogP contribution < -0.4 is 10.2 Å². The minimum absolute atomic E-state index is 0.125. The Kier molecular flexibility index (Phi) is 4.52. The predicted molar refractivity (Wildman–Crippen MR) is 103 cm³/mol. The van der Waals surface area contributed by atoms with Gasteiger partial charge in [-0.3, -0.25) is 0 Å². The second kappa shape index (κ2) is 6.96. The molecule has 0 radical (unpaired) electrons. The first-order valence-electron chi connectivity index (χ1n) is 9.37. The van der Waals surface area contributed by atoms with E-state index in [9.17, 15) is 13.2 Å². The first kappa shape index (κ1) is 18.8. The van der Waals surface area contributed by atoms with Crippen molar-refractivity contribution in [1.82, 2.24) is 15.3 Å². The molecule has 10 heteroatoms. The minimum Gasteiger partial charge on any atom is -0.423 e. The maximum absolute atomic E-state index is 14.0. The molecule has 0 amide bonds. The first-order chi connectivity index (χ1) is 13.9. The summed E-state index contributed by atoms with van der Waals surface area (Å²) >= 11 is 1.35. The van der Waals surface area contributed by atoms with Crippen molar-refractivity contribution >= 4 is 28.5 Å². The molecular formula is C19H19F3N4O2S. The largest absolute Gasteiger partial charge is 0.423 e. The normalized spacial score (nSPS) is 21.6. The lowest BCUT2D eigenvalue weighted by molar-refractivity contribution is -0.137. The van der Waals surface area contributed by atoms with Crippen LogP contribution in [0.4, 0.5) is 19.2 Å². The molecule has 3 saturated heterocycles. The van der Waals surface area contributed by atoms with Crippen molar-refractivity contribution in [3.8, 4) is 10.6 Å². The van der Waals surface area contributed by atoms with Gasteiger partial charge in [0.05, 0.1) is 17.7 Å². The van der Waals surface area contributed by atoms with Crippen LogP contribution in [0.2, 0.25) is 0 Å². The van der Waals surface area contributed by atoms with E-state index in [1.807, 2.05) is 4.90 Å². The summed E-state index contributed by atoms with van der Waals surface area (Å²) in [5.41, 5.74) is -0.0949. The summed E-state index contributed by atoms with van der Waals surface area (Å²) in [7, 11) is 1.47. The third-order valence-corrected chi connectivity index (χ3v) is 6.26. The Balaban J connectivity index is 1.70. The van der Waals surface area contributed by atoms with Crippen molar-refractivity contribution in [3.63, 3.8) is 0 Å². The van der Waals surface area contributed by atoms with Crippen LogP contribution >= 0.6 is 11.3 Å². The summed E-state index contributed by atoms with van der Waals surface area (Å²) < 4.78 is 53.1. The maximum Gasteiger partial charge on any atom is 0.418 e. The number of fused-ring (bicyclic) bond motifs is 3. The zero-order valence-corrected chi connectivity index (χ0v) is 16.4. The van der Waals surface area contributed by atoms with E-state index in [0.29, 0.717) is 35.7 Å². The number of anilines is 1. The van der Waals surface area contributed by atoms with Gasteiger partial charge in [0.2, 0.25) is 0 Å². The quantitative estimate of drug-likeness (QED) is 0.674. The van der Waals surface area contributed by atoms with Gasteiger partial charge in [-0.25, -0.2) is 4.98 Å². The molecule has 29 heavy (non-hydrogen) atoms. The van der Waals surface area contributed by atoms with E-state index in [4.69, 9.17) is 9.15 Å². The zero-order chi connectivity index (χ0) is 20.2. The smallest absolute Gasteiger partial charge is 0.418 e. The lowest BCUT2D eigenvalue weighted by Crippen LogP contribution is -2.67. The lowest BCUT2D eigenvalue weighted by Gasteiger charge is -2.47. The predicted octanol–water partition coefficient (Wildman–Crippen LogP) is 3.71. The first-order valence-corrected chi connectivity index (χ1v) is 10.3. The highest BCUT2D eigenvalue weighted by atomic mass is 32.1. The number of aromatic nitrogens is 2. The summed E-state index contributed by atoms with van der Waals surface area (Å²) in [5, 5.41) is 5.79. The van der Waals surface area contributed by atoms with E-state index in [1.165, 1.54) is 24.5 Å². The average Bonchev–Trinajstić information content (AvgIpc) is 3.34. The van der Waals surface area contributed by atoms with Gasteiger partial charge in [0, 0.05) is 43.9 Å². The molecule has 6 nitrogen and oxygen atoms in total. The number of nitrogens with zero attached hydrogens (tertiary/aromatic N) is 3. The van der Waals surface area contributed by atoms with E-state index in [-0.39, 0.29) is 35.7 Å².